The van der Waals surface area contributed by atoms with Gasteiger partial charge in [-0.25, -0.2) is 0 Å². The first-order valence-corrected chi connectivity index (χ1v) is 6.73. The summed E-state index contributed by atoms with van der Waals surface area (Å²) >= 11 is 6.17. The molecule has 0 amide bonds. The number of hydrogen-bond donors (Lipinski definition) is 0. The Morgan fingerprint density at radius 1 is 0.727 bits per heavy atom. The second-order valence-electron chi connectivity index (χ2n) is 4.70. The number of fused-ring (bicyclic) bond motifs is 6. The fourth-order valence-electron chi connectivity index (χ4n) is 2.48. The van der Waals surface area contributed by atoms with Crippen LogP contribution in [0.5, 0.6) is 0 Å². The number of para-hydroxylation sites is 1. The van der Waals surface area contributed by atoms with Gasteiger partial charge >= 0.3 is 0 Å². The highest BCUT2D eigenvalue weighted by Crippen LogP contribution is 2.37. The van der Waals surface area contributed by atoms with Crippen LogP contribution in [0.3, 0.4) is 0 Å². The van der Waals surface area contributed by atoms with Crippen LogP contribution in [-0.4, -0.2) is 0 Å². The van der Waals surface area contributed by atoms with Crippen LogP contribution in [-0.2, 0) is 0 Å². The number of hydrogen-bond acceptors (Lipinski definition) is 1. The molecule has 1 aromatic heterocycles. The van der Waals surface area contributed by atoms with Crippen LogP contribution in [0.2, 0.25) is 5.02 Å². The maximum atomic E-state index is 8.78. The van der Waals surface area contributed by atoms with Crippen LogP contribution >= 0.6 is 11.6 Å². The van der Waals surface area contributed by atoms with Crippen molar-refractivity contribution in [3.63, 3.8) is 0 Å². The quantitative estimate of drug-likeness (QED) is 0.296. The van der Waals surface area contributed by atoms with Crippen molar-refractivity contribution in [2.75, 3.05) is 0 Å². The lowest BCUT2D eigenvalue weighted by atomic mass is 10.00. The number of rotatable bonds is 0. The molecule has 0 radical (unpaired) electrons. The van der Waals surface area contributed by atoms with E-state index in [0.717, 1.165) is 0 Å². The summed E-state index contributed by atoms with van der Waals surface area (Å²) in [4.78, 5) is 0. The Bertz CT molecular complexity index is 1740. The van der Waals surface area contributed by atoms with Crippen LogP contribution in [0.25, 0.3) is 43.5 Å². The van der Waals surface area contributed by atoms with E-state index in [9.17, 15) is 0 Å². The zero-order valence-electron chi connectivity index (χ0n) is 21.8. The Labute approximate surface area is 147 Å². The molecular formula is C20H11ClO. The molecule has 1 nitrogen and oxygen atoms in total. The van der Waals surface area contributed by atoms with E-state index in [-0.39, 0.29) is 48.5 Å². The summed E-state index contributed by atoms with van der Waals surface area (Å²) in [5.41, 5.74) is -0.396. The van der Waals surface area contributed by atoms with Gasteiger partial charge in [0.1, 0.15) is 5.58 Å². The van der Waals surface area contributed by atoms with Gasteiger partial charge in [0.2, 0.25) is 0 Å². The fraction of sp³-hybridized carbons (Fsp3) is 0. The van der Waals surface area contributed by atoms with Gasteiger partial charge in [0.25, 0.3) is 0 Å². The van der Waals surface area contributed by atoms with Crippen molar-refractivity contribution < 1.29 is 19.5 Å². The molecule has 0 saturated heterocycles. The van der Waals surface area contributed by atoms with Crippen molar-refractivity contribution in [3.8, 4) is 0 Å². The first-order valence-electron chi connectivity index (χ1n) is 11.8. The fourth-order valence-corrected chi connectivity index (χ4v) is 2.66. The third kappa shape index (κ3) is 1.54. The van der Waals surface area contributed by atoms with Crippen molar-refractivity contribution >= 4 is 55.1 Å². The zero-order chi connectivity index (χ0) is 24.3. The molecule has 0 N–H and O–H groups in total. The molecule has 5 aromatic rings. The van der Waals surface area contributed by atoms with Gasteiger partial charge in [-0.2, -0.15) is 0 Å². The molecule has 0 unspecified atom stereocenters. The van der Waals surface area contributed by atoms with Crippen molar-refractivity contribution in [3.05, 3.63) is 71.5 Å². The van der Waals surface area contributed by atoms with Gasteiger partial charge in [0.05, 0.1) is 20.1 Å². The minimum Gasteiger partial charge on any atom is -0.454 e. The summed E-state index contributed by atoms with van der Waals surface area (Å²) in [6.07, 6.45) is 0. The standard InChI is InChI=1S/C20H11ClO/c21-18-7-3-6-15-17-10-13-9-8-12-4-1-2-5-14(12)16(13)11-19(17)22-20(15)18/h1-11H/i1D,2D,3D,4D,5D,6D,7D,8D,9D,10D,11D. The Morgan fingerprint density at radius 3 is 2.50 bits per heavy atom. The van der Waals surface area contributed by atoms with Gasteiger partial charge in [0, 0.05) is 10.8 Å². The lowest BCUT2D eigenvalue weighted by Gasteiger charge is -2.03. The van der Waals surface area contributed by atoms with E-state index in [2.05, 4.69) is 0 Å². The molecular weight excluding hydrogens is 292 g/mol. The summed E-state index contributed by atoms with van der Waals surface area (Å²) in [5, 5.41) is -1.23. The first-order chi connectivity index (χ1) is 15.4. The third-order valence-electron chi connectivity index (χ3n) is 3.46. The molecule has 0 fully saturated rings. The van der Waals surface area contributed by atoms with E-state index < -0.39 is 66.5 Å². The van der Waals surface area contributed by atoms with Gasteiger partial charge < -0.3 is 4.42 Å². The zero-order valence-corrected chi connectivity index (χ0v) is 11.5. The average molecular weight is 314 g/mol. The first kappa shape index (κ1) is 5.60. The molecule has 4 aromatic carbocycles. The second-order valence-corrected chi connectivity index (χ2v) is 5.08. The molecule has 0 aliphatic rings. The van der Waals surface area contributed by atoms with Crippen molar-refractivity contribution in [1.82, 2.24) is 0 Å². The summed E-state index contributed by atoms with van der Waals surface area (Å²) < 4.78 is 96.9. The molecule has 0 bridgehead atoms. The highest BCUT2D eigenvalue weighted by atomic mass is 35.5. The van der Waals surface area contributed by atoms with E-state index in [1.807, 2.05) is 0 Å². The van der Waals surface area contributed by atoms with Crippen LogP contribution in [0.1, 0.15) is 15.1 Å². The highest BCUT2D eigenvalue weighted by Gasteiger charge is 2.11. The van der Waals surface area contributed by atoms with E-state index >= 15 is 0 Å². The lowest BCUT2D eigenvalue weighted by Crippen LogP contribution is -1.77. The molecule has 0 aliphatic heterocycles. The van der Waals surface area contributed by atoms with Gasteiger partial charge in [0.15, 0.2) is 5.58 Å². The predicted octanol–water partition coefficient (Wildman–Crippen LogP) is 6.55. The normalized spacial score (nSPS) is 18.9. The van der Waals surface area contributed by atoms with Crippen LogP contribution in [0.15, 0.2) is 70.9 Å². The van der Waals surface area contributed by atoms with E-state index in [0.29, 0.717) is 0 Å². The van der Waals surface area contributed by atoms with Crippen molar-refractivity contribution in [2.45, 2.75) is 0 Å². The molecule has 0 aliphatic carbocycles. The minimum atomic E-state index is -0.587. The Hall–Kier alpha value is -2.51. The van der Waals surface area contributed by atoms with Crippen LogP contribution in [0, 0.1) is 0 Å². The van der Waals surface area contributed by atoms with Gasteiger partial charge in [-0.3, -0.25) is 0 Å². The molecule has 5 rings (SSSR count). The third-order valence-corrected chi connectivity index (χ3v) is 3.72. The molecule has 0 atom stereocenters. The molecule has 22 heavy (non-hydrogen) atoms. The van der Waals surface area contributed by atoms with E-state index in [1.165, 1.54) is 0 Å². The average Bonchev–Trinajstić information content (AvgIpc) is 3.20. The summed E-state index contributed by atoms with van der Waals surface area (Å²) in [6, 6.07) is -5.47. The smallest absolute Gasteiger partial charge is 0.153 e. The SMILES string of the molecule is [2H]c1c([2H])c([2H])c2c(oc3c([2H])c4c(c([2H])c([2H])c5c([2H])c([2H])c([2H])c([2H])c54)c([2H])c32)c1Cl. The Morgan fingerprint density at radius 2 is 1.55 bits per heavy atom. The maximum absolute atomic E-state index is 8.78. The second kappa shape index (κ2) is 4.25. The van der Waals surface area contributed by atoms with E-state index in [1.54, 1.807) is 0 Å². The van der Waals surface area contributed by atoms with Crippen molar-refractivity contribution in [2.24, 2.45) is 0 Å². The Kier molecular flexibility index (Phi) is 1.08. The van der Waals surface area contributed by atoms with Gasteiger partial charge in [-0.05, 0) is 39.7 Å². The molecule has 0 spiro atoms. The predicted molar refractivity (Wildman–Crippen MR) is 93.7 cm³/mol. The van der Waals surface area contributed by atoms with Crippen molar-refractivity contribution in [1.29, 1.82) is 0 Å². The Balaban J connectivity index is 2.22. The topological polar surface area (TPSA) is 13.1 Å². The lowest BCUT2D eigenvalue weighted by molar-refractivity contribution is 0.669. The van der Waals surface area contributed by atoms with Gasteiger partial charge in [-0.1, -0.05) is 59.9 Å². The molecule has 0 saturated carbocycles. The monoisotopic (exact) mass is 313 g/mol. The molecule has 2 heteroatoms. The highest BCUT2D eigenvalue weighted by molar-refractivity contribution is 6.36. The summed E-state index contributed by atoms with van der Waals surface area (Å²) in [5.74, 6) is 0. The number of benzene rings is 4. The molecule has 1 heterocycles. The number of furan rings is 1. The molecule has 104 valence electrons. The number of halogens is 1. The summed E-state index contributed by atoms with van der Waals surface area (Å²) in [6.45, 7) is 0. The minimum absolute atomic E-state index is 0.0719. The summed E-state index contributed by atoms with van der Waals surface area (Å²) in [7, 11) is 0. The maximum Gasteiger partial charge on any atom is 0.153 e. The van der Waals surface area contributed by atoms with Crippen LogP contribution in [0.4, 0.5) is 0 Å². The van der Waals surface area contributed by atoms with Crippen LogP contribution < -0.4 is 0 Å². The van der Waals surface area contributed by atoms with E-state index in [4.69, 9.17) is 31.1 Å². The largest absolute Gasteiger partial charge is 0.454 e. The van der Waals surface area contributed by atoms with Gasteiger partial charge in [-0.15, -0.1) is 0 Å².